The standard InChI is InChI=1S/C15H13F3N2O/c1-20(9-10-5-3-2-4-6-10)15(21)19-12-8-7-11(16)13(17)14(12)18/h2-8H,9H2,1H3,(H,19,21). The van der Waals surface area contributed by atoms with Gasteiger partial charge in [0.15, 0.2) is 17.5 Å². The Balaban J connectivity index is 2.06. The predicted molar refractivity (Wildman–Crippen MR) is 73.2 cm³/mol. The minimum absolute atomic E-state index is 0.304. The van der Waals surface area contributed by atoms with E-state index in [0.717, 1.165) is 17.7 Å². The van der Waals surface area contributed by atoms with E-state index in [1.54, 1.807) is 0 Å². The molecule has 0 unspecified atom stereocenters. The van der Waals surface area contributed by atoms with Crippen LogP contribution >= 0.6 is 0 Å². The molecule has 0 bridgehead atoms. The van der Waals surface area contributed by atoms with Crippen molar-refractivity contribution in [1.29, 1.82) is 0 Å². The summed E-state index contributed by atoms with van der Waals surface area (Å²) in [7, 11) is 1.51. The highest BCUT2D eigenvalue weighted by Crippen LogP contribution is 2.20. The van der Waals surface area contributed by atoms with Crippen molar-refractivity contribution in [1.82, 2.24) is 4.90 Å². The monoisotopic (exact) mass is 294 g/mol. The molecule has 0 aromatic heterocycles. The van der Waals surface area contributed by atoms with Gasteiger partial charge in [-0.15, -0.1) is 0 Å². The molecule has 0 aliphatic carbocycles. The van der Waals surface area contributed by atoms with Gasteiger partial charge < -0.3 is 10.2 Å². The quantitative estimate of drug-likeness (QED) is 0.859. The fourth-order valence-corrected chi connectivity index (χ4v) is 1.76. The number of nitrogens with zero attached hydrogens (tertiary/aromatic N) is 1. The number of urea groups is 1. The molecule has 2 aromatic rings. The number of hydrogen-bond donors (Lipinski definition) is 1. The van der Waals surface area contributed by atoms with Crippen molar-refractivity contribution in [3.8, 4) is 0 Å². The highest BCUT2D eigenvalue weighted by molar-refractivity contribution is 5.89. The largest absolute Gasteiger partial charge is 0.323 e. The van der Waals surface area contributed by atoms with E-state index in [4.69, 9.17) is 0 Å². The van der Waals surface area contributed by atoms with Gasteiger partial charge in [0.2, 0.25) is 0 Å². The van der Waals surface area contributed by atoms with Crippen molar-refractivity contribution >= 4 is 11.7 Å². The van der Waals surface area contributed by atoms with Gasteiger partial charge in [-0.05, 0) is 17.7 Å². The lowest BCUT2D eigenvalue weighted by atomic mass is 10.2. The van der Waals surface area contributed by atoms with Crippen LogP contribution in [-0.2, 0) is 6.54 Å². The normalized spacial score (nSPS) is 10.3. The lowest BCUT2D eigenvalue weighted by molar-refractivity contribution is 0.220. The number of nitrogens with one attached hydrogen (secondary N) is 1. The molecular formula is C15H13F3N2O. The summed E-state index contributed by atoms with van der Waals surface area (Å²) < 4.78 is 39.3. The first kappa shape index (κ1) is 14.9. The Morgan fingerprint density at radius 1 is 1.05 bits per heavy atom. The summed E-state index contributed by atoms with van der Waals surface area (Å²) in [5.41, 5.74) is 0.486. The maximum absolute atomic E-state index is 13.5. The Labute approximate surface area is 120 Å². The van der Waals surface area contributed by atoms with E-state index in [1.807, 2.05) is 30.3 Å². The van der Waals surface area contributed by atoms with E-state index in [9.17, 15) is 18.0 Å². The van der Waals surface area contributed by atoms with Crippen LogP contribution in [0.25, 0.3) is 0 Å². The molecule has 2 aromatic carbocycles. The van der Waals surface area contributed by atoms with Crippen LogP contribution in [0.3, 0.4) is 0 Å². The second-order valence-corrected chi connectivity index (χ2v) is 4.49. The minimum Gasteiger partial charge on any atom is -0.323 e. The summed E-state index contributed by atoms with van der Waals surface area (Å²) in [6.45, 7) is 0.304. The third-order valence-corrected chi connectivity index (χ3v) is 2.89. The summed E-state index contributed by atoms with van der Waals surface area (Å²) in [4.78, 5) is 13.2. The molecule has 0 saturated heterocycles. The van der Waals surface area contributed by atoms with E-state index in [1.165, 1.54) is 11.9 Å². The molecule has 21 heavy (non-hydrogen) atoms. The number of halogens is 3. The van der Waals surface area contributed by atoms with Gasteiger partial charge in [0, 0.05) is 13.6 Å². The summed E-state index contributed by atoms with van der Waals surface area (Å²) in [6.07, 6.45) is 0. The maximum Gasteiger partial charge on any atom is 0.321 e. The topological polar surface area (TPSA) is 32.3 Å². The maximum atomic E-state index is 13.5. The second kappa shape index (κ2) is 6.30. The number of carbonyl (C=O) groups is 1. The first-order chi connectivity index (χ1) is 9.99. The molecule has 0 aliphatic rings. The number of hydrogen-bond acceptors (Lipinski definition) is 1. The zero-order valence-corrected chi connectivity index (χ0v) is 11.2. The van der Waals surface area contributed by atoms with Crippen LogP contribution < -0.4 is 5.32 Å². The number of rotatable bonds is 3. The summed E-state index contributed by atoms with van der Waals surface area (Å²) in [5, 5.41) is 2.20. The van der Waals surface area contributed by atoms with Crippen molar-refractivity contribution in [3.05, 3.63) is 65.5 Å². The predicted octanol–water partition coefficient (Wildman–Crippen LogP) is 3.77. The van der Waals surface area contributed by atoms with Gasteiger partial charge in [-0.2, -0.15) is 0 Å². The van der Waals surface area contributed by atoms with Crippen molar-refractivity contribution in [3.63, 3.8) is 0 Å². The van der Waals surface area contributed by atoms with E-state index < -0.39 is 29.2 Å². The molecule has 2 rings (SSSR count). The highest BCUT2D eigenvalue weighted by atomic mass is 19.2. The van der Waals surface area contributed by atoms with E-state index in [-0.39, 0.29) is 0 Å². The van der Waals surface area contributed by atoms with Crippen LogP contribution in [0.4, 0.5) is 23.7 Å². The van der Waals surface area contributed by atoms with Gasteiger partial charge in [-0.1, -0.05) is 30.3 Å². The third-order valence-electron chi connectivity index (χ3n) is 2.89. The molecular weight excluding hydrogens is 281 g/mol. The van der Waals surface area contributed by atoms with Crippen molar-refractivity contribution < 1.29 is 18.0 Å². The first-order valence-corrected chi connectivity index (χ1v) is 6.18. The van der Waals surface area contributed by atoms with Crippen LogP contribution in [0.2, 0.25) is 0 Å². The average molecular weight is 294 g/mol. The first-order valence-electron chi connectivity index (χ1n) is 6.18. The molecule has 0 saturated carbocycles. The lowest BCUT2D eigenvalue weighted by Crippen LogP contribution is -2.31. The van der Waals surface area contributed by atoms with E-state index in [2.05, 4.69) is 5.32 Å². The molecule has 110 valence electrons. The summed E-state index contributed by atoms with van der Waals surface area (Å²) in [5.74, 6) is -4.34. The van der Waals surface area contributed by atoms with Gasteiger partial charge in [-0.3, -0.25) is 0 Å². The lowest BCUT2D eigenvalue weighted by Gasteiger charge is -2.18. The van der Waals surface area contributed by atoms with Crippen LogP contribution in [0.15, 0.2) is 42.5 Å². The van der Waals surface area contributed by atoms with Crippen molar-refractivity contribution in [2.75, 3.05) is 12.4 Å². The zero-order valence-electron chi connectivity index (χ0n) is 11.2. The Kier molecular flexibility index (Phi) is 4.47. The molecule has 2 amide bonds. The molecule has 6 heteroatoms. The van der Waals surface area contributed by atoms with E-state index in [0.29, 0.717) is 6.54 Å². The molecule has 1 N–H and O–H groups in total. The van der Waals surface area contributed by atoms with Crippen LogP contribution in [0.5, 0.6) is 0 Å². The third kappa shape index (κ3) is 3.53. The van der Waals surface area contributed by atoms with Gasteiger partial charge in [0.25, 0.3) is 0 Å². The molecule has 0 aliphatic heterocycles. The van der Waals surface area contributed by atoms with Crippen LogP contribution in [-0.4, -0.2) is 18.0 Å². The molecule has 0 atom stereocenters. The fraction of sp³-hybridized carbons (Fsp3) is 0.133. The van der Waals surface area contributed by atoms with Crippen molar-refractivity contribution in [2.45, 2.75) is 6.54 Å². The molecule has 0 fully saturated rings. The number of carbonyl (C=O) groups excluding carboxylic acids is 1. The summed E-state index contributed by atoms with van der Waals surface area (Å²) in [6, 6.07) is 10.3. The molecule has 3 nitrogen and oxygen atoms in total. The van der Waals surface area contributed by atoms with Gasteiger partial charge >= 0.3 is 6.03 Å². The smallest absolute Gasteiger partial charge is 0.321 e. The SMILES string of the molecule is CN(Cc1ccccc1)C(=O)Nc1ccc(F)c(F)c1F. The van der Waals surface area contributed by atoms with Gasteiger partial charge in [-0.25, -0.2) is 18.0 Å². The number of benzene rings is 2. The number of anilines is 1. The molecule has 0 radical (unpaired) electrons. The molecule has 0 spiro atoms. The fourth-order valence-electron chi connectivity index (χ4n) is 1.76. The Morgan fingerprint density at radius 3 is 2.38 bits per heavy atom. The molecule has 0 heterocycles. The minimum atomic E-state index is -1.61. The van der Waals surface area contributed by atoms with Gasteiger partial charge in [0.1, 0.15) is 0 Å². The second-order valence-electron chi connectivity index (χ2n) is 4.49. The van der Waals surface area contributed by atoms with E-state index >= 15 is 0 Å². The Bertz CT molecular complexity index is 647. The van der Waals surface area contributed by atoms with Gasteiger partial charge in [0.05, 0.1) is 5.69 Å². The Hall–Kier alpha value is -2.50. The van der Waals surface area contributed by atoms with Crippen LogP contribution in [0.1, 0.15) is 5.56 Å². The Morgan fingerprint density at radius 2 is 1.71 bits per heavy atom. The average Bonchev–Trinajstić information content (AvgIpc) is 2.48. The van der Waals surface area contributed by atoms with Crippen molar-refractivity contribution in [2.24, 2.45) is 0 Å². The van der Waals surface area contributed by atoms with Crippen LogP contribution in [0, 0.1) is 17.5 Å². The number of amides is 2. The zero-order chi connectivity index (χ0) is 15.4. The summed E-state index contributed by atoms with van der Waals surface area (Å²) >= 11 is 0. The highest BCUT2D eigenvalue weighted by Gasteiger charge is 2.17.